The Bertz CT molecular complexity index is 658. The fourth-order valence-electron chi connectivity index (χ4n) is 2.99. The highest BCUT2D eigenvalue weighted by atomic mass is 16.5. The van der Waals surface area contributed by atoms with Gasteiger partial charge in [-0.2, -0.15) is 4.98 Å². The van der Waals surface area contributed by atoms with Crippen molar-refractivity contribution < 1.29 is 14.4 Å². The van der Waals surface area contributed by atoms with Crippen LogP contribution in [0.15, 0.2) is 28.8 Å². The summed E-state index contributed by atoms with van der Waals surface area (Å²) in [6.45, 7) is 1.75. The van der Waals surface area contributed by atoms with Gasteiger partial charge in [0, 0.05) is 6.92 Å². The van der Waals surface area contributed by atoms with Crippen LogP contribution in [0.25, 0.3) is 0 Å². The number of carbonyl (C=O) groups is 1. The third kappa shape index (κ3) is 2.95. The Labute approximate surface area is 128 Å². The summed E-state index contributed by atoms with van der Waals surface area (Å²) >= 11 is 0. The molecule has 1 amide bonds. The van der Waals surface area contributed by atoms with Crippen molar-refractivity contribution in [1.82, 2.24) is 15.5 Å². The molecule has 1 heterocycles. The number of nitrogens with one attached hydrogen (secondary N) is 1. The van der Waals surface area contributed by atoms with Gasteiger partial charge in [-0.05, 0) is 30.5 Å². The monoisotopic (exact) mass is 301 g/mol. The lowest BCUT2D eigenvalue weighted by Crippen LogP contribution is -2.45. The molecule has 0 aliphatic heterocycles. The molecule has 1 fully saturated rings. The normalized spacial score (nSPS) is 16.6. The van der Waals surface area contributed by atoms with Crippen molar-refractivity contribution in [3.05, 3.63) is 41.5 Å². The molecule has 6 heteroatoms. The fourth-order valence-corrected chi connectivity index (χ4v) is 2.99. The number of amides is 1. The first-order chi connectivity index (χ1) is 10.6. The lowest BCUT2D eigenvalue weighted by molar-refractivity contribution is -0.122. The summed E-state index contributed by atoms with van der Waals surface area (Å²) in [6, 6.07) is 6.65. The predicted molar refractivity (Wildman–Crippen MR) is 79.1 cm³/mol. The second-order valence-electron chi connectivity index (χ2n) is 5.82. The number of rotatable bonds is 4. The van der Waals surface area contributed by atoms with Crippen LogP contribution in [0.5, 0.6) is 5.75 Å². The standard InChI is InChI=1S/C16H19N3O3/c1-11-17-15(19-22-11)16(8-2-3-9-16)18-14(21)10-12-4-6-13(20)7-5-12/h4-7,20H,2-3,8-10H2,1H3,(H,18,21). The van der Waals surface area contributed by atoms with Gasteiger partial charge in [-0.3, -0.25) is 4.79 Å². The largest absolute Gasteiger partial charge is 0.508 e. The Kier molecular flexibility index (Phi) is 3.83. The smallest absolute Gasteiger partial charge is 0.225 e. The summed E-state index contributed by atoms with van der Waals surface area (Å²) in [5.41, 5.74) is 0.346. The molecule has 22 heavy (non-hydrogen) atoms. The molecule has 0 bridgehead atoms. The Morgan fingerprint density at radius 3 is 2.59 bits per heavy atom. The minimum Gasteiger partial charge on any atom is -0.508 e. The number of hydrogen-bond donors (Lipinski definition) is 2. The van der Waals surface area contributed by atoms with E-state index in [1.807, 2.05) is 0 Å². The first kappa shape index (κ1) is 14.6. The number of nitrogens with zero attached hydrogens (tertiary/aromatic N) is 2. The molecular formula is C16H19N3O3. The van der Waals surface area contributed by atoms with Gasteiger partial charge in [-0.15, -0.1) is 0 Å². The van der Waals surface area contributed by atoms with E-state index in [2.05, 4.69) is 15.5 Å². The van der Waals surface area contributed by atoms with Crippen LogP contribution in [0.2, 0.25) is 0 Å². The molecule has 0 spiro atoms. The number of hydrogen-bond acceptors (Lipinski definition) is 5. The lowest BCUT2D eigenvalue weighted by atomic mass is 9.96. The number of aromatic nitrogens is 2. The molecule has 1 aromatic heterocycles. The second-order valence-corrected chi connectivity index (χ2v) is 5.82. The van der Waals surface area contributed by atoms with Crippen LogP contribution in [0.4, 0.5) is 0 Å². The fraction of sp³-hybridized carbons (Fsp3) is 0.438. The quantitative estimate of drug-likeness (QED) is 0.904. The first-order valence-electron chi connectivity index (χ1n) is 7.47. The maximum Gasteiger partial charge on any atom is 0.225 e. The molecule has 6 nitrogen and oxygen atoms in total. The Morgan fingerprint density at radius 1 is 1.32 bits per heavy atom. The van der Waals surface area contributed by atoms with Crippen molar-refractivity contribution >= 4 is 5.91 Å². The van der Waals surface area contributed by atoms with Gasteiger partial charge >= 0.3 is 0 Å². The van der Waals surface area contributed by atoms with Crippen LogP contribution in [0, 0.1) is 6.92 Å². The molecule has 3 rings (SSSR count). The minimum absolute atomic E-state index is 0.0740. The van der Waals surface area contributed by atoms with Crippen LogP contribution in [-0.2, 0) is 16.8 Å². The van der Waals surface area contributed by atoms with Crippen molar-refractivity contribution in [2.24, 2.45) is 0 Å². The van der Waals surface area contributed by atoms with Gasteiger partial charge in [0.2, 0.25) is 11.8 Å². The SMILES string of the molecule is Cc1nc(C2(NC(=O)Cc3ccc(O)cc3)CCCC2)no1. The Balaban J connectivity index is 1.74. The second kappa shape index (κ2) is 5.79. The summed E-state index contributed by atoms with van der Waals surface area (Å²) in [7, 11) is 0. The average molecular weight is 301 g/mol. The molecular weight excluding hydrogens is 282 g/mol. The van der Waals surface area contributed by atoms with Crippen molar-refractivity contribution in [2.45, 2.75) is 44.6 Å². The zero-order valence-corrected chi connectivity index (χ0v) is 12.5. The van der Waals surface area contributed by atoms with Gasteiger partial charge in [-0.1, -0.05) is 30.1 Å². The number of aromatic hydroxyl groups is 1. The number of aryl methyl sites for hydroxylation is 1. The summed E-state index contributed by atoms with van der Waals surface area (Å²) in [6.07, 6.45) is 3.99. The van der Waals surface area contributed by atoms with Crippen LogP contribution in [0.3, 0.4) is 0 Å². The molecule has 2 aromatic rings. The highest BCUT2D eigenvalue weighted by Gasteiger charge is 2.41. The Hall–Kier alpha value is -2.37. The van der Waals surface area contributed by atoms with Gasteiger partial charge in [0.15, 0.2) is 5.82 Å². The number of carbonyl (C=O) groups excluding carboxylic acids is 1. The summed E-state index contributed by atoms with van der Waals surface area (Å²) in [4.78, 5) is 16.7. The van der Waals surface area contributed by atoms with Gasteiger partial charge in [-0.25, -0.2) is 0 Å². The van der Waals surface area contributed by atoms with Gasteiger partial charge < -0.3 is 14.9 Å². The van der Waals surface area contributed by atoms with Crippen LogP contribution >= 0.6 is 0 Å². The zero-order valence-electron chi connectivity index (χ0n) is 12.5. The van der Waals surface area contributed by atoms with Gasteiger partial charge in [0.1, 0.15) is 11.3 Å². The highest BCUT2D eigenvalue weighted by molar-refractivity contribution is 5.79. The van der Waals surface area contributed by atoms with Crippen LogP contribution < -0.4 is 5.32 Å². The molecule has 1 saturated carbocycles. The van der Waals surface area contributed by atoms with Crippen LogP contribution in [0.1, 0.15) is 43.0 Å². The molecule has 116 valence electrons. The van der Waals surface area contributed by atoms with E-state index in [9.17, 15) is 9.90 Å². The first-order valence-corrected chi connectivity index (χ1v) is 7.47. The molecule has 0 unspecified atom stereocenters. The molecule has 0 radical (unpaired) electrons. The van der Waals surface area contributed by atoms with Crippen LogP contribution in [-0.4, -0.2) is 21.2 Å². The molecule has 1 aliphatic rings. The number of phenolic OH excluding ortho intramolecular Hbond substituents is 1. The number of benzene rings is 1. The van der Waals surface area contributed by atoms with E-state index in [4.69, 9.17) is 4.52 Å². The average Bonchev–Trinajstić information content (AvgIpc) is 3.11. The molecule has 0 saturated heterocycles. The van der Waals surface area contributed by atoms with Gasteiger partial charge in [0.25, 0.3) is 0 Å². The third-order valence-corrected chi connectivity index (χ3v) is 4.09. The summed E-state index contributed by atoms with van der Waals surface area (Å²) in [5, 5.41) is 16.4. The van der Waals surface area contributed by atoms with Crippen molar-refractivity contribution in [3.63, 3.8) is 0 Å². The predicted octanol–water partition coefficient (Wildman–Crippen LogP) is 2.21. The van der Waals surface area contributed by atoms with E-state index >= 15 is 0 Å². The maximum atomic E-state index is 12.4. The number of phenols is 1. The third-order valence-electron chi connectivity index (χ3n) is 4.09. The van der Waals surface area contributed by atoms with E-state index in [-0.39, 0.29) is 18.1 Å². The molecule has 0 atom stereocenters. The van der Waals surface area contributed by atoms with E-state index in [1.165, 1.54) is 0 Å². The van der Waals surface area contributed by atoms with Gasteiger partial charge in [0.05, 0.1) is 6.42 Å². The van der Waals surface area contributed by atoms with E-state index in [1.54, 1.807) is 31.2 Å². The zero-order chi connectivity index (χ0) is 15.6. The molecule has 1 aliphatic carbocycles. The van der Waals surface area contributed by atoms with E-state index in [0.717, 1.165) is 31.2 Å². The topological polar surface area (TPSA) is 88.2 Å². The summed E-state index contributed by atoms with van der Waals surface area (Å²) < 4.78 is 5.07. The van der Waals surface area contributed by atoms with Crippen molar-refractivity contribution in [1.29, 1.82) is 0 Å². The van der Waals surface area contributed by atoms with Crippen molar-refractivity contribution in [3.8, 4) is 5.75 Å². The van der Waals surface area contributed by atoms with E-state index < -0.39 is 5.54 Å². The molecule has 2 N–H and O–H groups in total. The Morgan fingerprint density at radius 2 is 2.00 bits per heavy atom. The minimum atomic E-state index is -0.508. The maximum absolute atomic E-state index is 12.4. The molecule has 1 aromatic carbocycles. The summed E-state index contributed by atoms with van der Waals surface area (Å²) in [5.74, 6) is 1.20. The van der Waals surface area contributed by atoms with E-state index in [0.29, 0.717) is 11.7 Å². The van der Waals surface area contributed by atoms with Crippen molar-refractivity contribution in [2.75, 3.05) is 0 Å². The highest BCUT2D eigenvalue weighted by Crippen LogP contribution is 2.37. The lowest BCUT2D eigenvalue weighted by Gasteiger charge is -2.26.